The third kappa shape index (κ3) is 3.98. The molecule has 0 aliphatic carbocycles. The highest BCUT2D eigenvalue weighted by Gasteiger charge is 2.22. The number of hydrogen-bond donors (Lipinski definition) is 1. The highest BCUT2D eigenvalue weighted by Crippen LogP contribution is 2.22. The van der Waals surface area contributed by atoms with E-state index >= 15 is 0 Å². The van der Waals surface area contributed by atoms with Gasteiger partial charge in [-0.2, -0.15) is 0 Å². The molecule has 0 aliphatic rings. The van der Waals surface area contributed by atoms with E-state index in [1.165, 1.54) is 0 Å². The van der Waals surface area contributed by atoms with Gasteiger partial charge in [0.2, 0.25) is 10.0 Å². The van der Waals surface area contributed by atoms with Crippen molar-refractivity contribution in [3.05, 3.63) is 47.8 Å². The number of rotatable bonds is 7. The van der Waals surface area contributed by atoms with Gasteiger partial charge in [-0.1, -0.05) is 0 Å². The zero-order valence-corrected chi connectivity index (χ0v) is 15.6. The van der Waals surface area contributed by atoms with Crippen LogP contribution in [0.2, 0.25) is 0 Å². The van der Waals surface area contributed by atoms with Crippen LogP contribution in [0, 0.1) is 6.92 Å². The Balaban J connectivity index is 2.21. The van der Waals surface area contributed by atoms with Crippen LogP contribution < -0.4 is 9.46 Å². The van der Waals surface area contributed by atoms with Gasteiger partial charge >= 0.3 is 0 Å². The van der Waals surface area contributed by atoms with Gasteiger partial charge in [0.05, 0.1) is 18.0 Å². The van der Waals surface area contributed by atoms with Crippen LogP contribution in [-0.4, -0.2) is 45.6 Å². The van der Waals surface area contributed by atoms with E-state index < -0.39 is 10.0 Å². The zero-order valence-electron chi connectivity index (χ0n) is 14.8. The van der Waals surface area contributed by atoms with E-state index in [4.69, 9.17) is 4.74 Å². The SMILES string of the molecule is COc1ccc(S(=O)(=O)NC[C@@H](c2cccn2C)N(C)C)c(C)c1. The Morgan fingerprint density at radius 1 is 1.29 bits per heavy atom. The minimum absolute atomic E-state index is 0.0571. The van der Waals surface area contributed by atoms with Crippen LogP contribution in [0.4, 0.5) is 0 Å². The molecule has 0 aliphatic heterocycles. The summed E-state index contributed by atoms with van der Waals surface area (Å²) in [5, 5.41) is 0. The number of aromatic nitrogens is 1. The Labute approximate surface area is 144 Å². The summed E-state index contributed by atoms with van der Waals surface area (Å²) in [5.41, 5.74) is 1.70. The molecule has 0 fully saturated rings. The van der Waals surface area contributed by atoms with Crippen LogP contribution >= 0.6 is 0 Å². The molecule has 6 nitrogen and oxygen atoms in total. The maximum absolute atomic E-state index is 12.7. The summed E-state index contributed by atoms with van der Waals surface area (Å²) < 4.78 is 35.2. The molecular weight excluding hydrogens is 326 g/mol. The van der Waals surface area contributed by atoms with Crippen LogP contribution in [0.5, 0.6) is 5.75 Å². The molecule has 24 heavy (non-hydrogen) atoms. The predicted molar refractivity (Wildman–Crippen MR) is 94.8 cm³/mol. The molecule has 2 rings (SSSR count). The van der Waals surface area contributed by atoms with Gasteiger partial charge in [0.1, 0.15) is 5.75 Å². The van der Waals surface area contributed by atoms with Crippen LogP contribution in [0.1, 0.15) is 17.3 Å². The second-order valence-corrected chi connectivity index (χ2v) is 7.74. The molecule has 0 spiro atoms. The molecule has 0 radical (unpaired) electrons. The van der Waals surface area contributed by atoms with Crippen molar-refractivity contribution in [3.8, 4) is 5.75 Å². The molecule has 0 saturated heterocycles. The summed E-state index contributed by atoms with van der Waals surface area (Å²) in [6.07, 6.45) is 1.95. The van der Waals surface area contributed by atoms with Crippen molar-refractivity contribution in [2.24, 2.45) is 7.05 Å². The minimum Gasteiger partial charge on any atom is -0.497 e. The first-order valence-corrected chi connectivity index (χ1v) is 9.16. The molecule has 0 saturated carbocycles. The van der Waals surface area contributed by atoms with Gasteiger partial charge in [0, 0.05) is 25.5 Å². The highest BCUT2D eigenvalue weighted by molar-refractivity contribution is 7.89. The van der Waals surface area contributed by atoms with E-state index in [0.29, 0.717) is 17.9 Å². The van der Waals surface area contributed by atoms with E-state index in [0.717, 1.165) is 5.69 Å². The summed E-state index contributed by atoms with van der Waals surface area (Å²) in [5.74, 6) is 0.640. The molecule has 1 heterocycles. The fraction of sp³-hybridized carbons (Fsp3) is 0.412. The fourth-order valence-electron chi connectivity index (χ4n) is 2.69. The molecule has 132 valence electrons. The zero-order chi connectivity index (χ0) is 17.9. The number of nitrogens with zero attached hydrogens (tertiary/aromatic N) is 2. The Morgan fingerprint density at radius 3 is 2.50 bits per heavy atom. The predicted octanol–water partition coefficient (Wildman–Crippen LogP) is 1.92. The standard InChI is InChI=1S/C17H25N3O3S/c1-13-11-14(23-5)8-9-17(13)24(21,22)18-12-16(19(2)3)15-7-6-10-20(15)4/h6-11,16,18H,12H2,1-5H3/t16-/m0/s1. The molecule has 0 amide bonds. The summed E-state index contributed by atoms with van der Waals surface area (Å²) in [4.78, 5) is 2.27. The van der Waals surface area contributed by atoms with Crippen molar-refractivity contribution < 1.29 is 13.2 Å². The van der Waals surface area contributed by atoms with Gasteiger partial charge in [-0.3, -0.25) is 4.90 Å². The summed E-state index contributed by atoms with van der Waals surface area (Å²) in [6, 6.07) is 8.84. The van der Waals surface area contributed by atoms with Gasteiger partial charge < -0.3 is 9.30 Å². The van der Waals surface area contributed by atoms with Gasteiger partial charge in [-0.25, -0.2) is 13.1 Å². The number of nitrogens with one attached hydrogen (secondary N) is 1. The summed E-state index contributed by atoms with van der Waals surface area (Å²) >= 11 is 0. The fourth-order valence-corrected chi connectivity index (χ4v) is 3.95. The Morgan fingerprint density at radius 2 is 2.00 bits per heavy atom. The number of methoxy groups -OCH3 is 1. The number of likely N-dealkylation sites (N-methyl/N-ethyl adjacent to an activating group) is 1. The van der Waals surface area contributed by atoms with Crippen LogP contribution in [0.25, 0.3) is 0 Å². The van der Waals surface area contributed by atoms with Crippen molar-refractivity contribution in [2.75, 3.05) is 27.7 Å². The molecule has 0 bridgehead atoms. The lowest BCUT2D eigenvalue weighted by Crippen LogP contribution is -2.35. The van der Waals surface area contributed by atoms with Crippen molar-refractivity contribution in [1.82, 2.24) is 14.2 Å². The maximum atomic E-state index is 12.7. The van der Waals surface area contributed by atoms with Gasteiger partial charge in [-0.05, 0) is 56.9 Å². The largest absolute Gasteiger partial charge is 0.497 e. The number of sulfonamides is 1. The quantitative estimate of drug-likeness (QED) is 0.828. The van der Waals surface area contributed by atoms with E-state index in [-0.39, 0.29) is 10.9 Å². The average molecular weight is 351 g/mol. The third-order valence-corrected chi connectivity index (χ3v) is 5.67. The van der Waals surface area contributed by atoms with E-state index in [2.05, 4.69) is 4.72 Å². The molecule has 1 aromatic carbocycles. The first-order chi connectivity index (χ1) is 11.3. The van der Waals surface area contributed by atoms with Crippen LogP contribution in [0.3, 0.4) is 0 Å². The molecule has 2 aromatic rings. The lowest BCUT2D eigenvalue weighted by molar-refractivity contribution is 0.289. The van der Waals surface area contributed by atoms with Crippen molar-refractivity contribution in [3.63, 3.8) is 0 Å². The number of benzene rings is 1. The van der Waals surface area contributed by atoms with Gasteiger partial charge in [-0.15, -0.1) is 0 Å². The number of ether oxygens (including phenoxy) is 1. The normalized spacial score (nSPS) is 13.2. The lowest BCUT2D eigenvalue weighted by atomic mass is 10.2. The summed E-state index contributed by atoms with van der Waals surface area (Å²) in [6.45, 7) is 2.05. The average Bonchev–Trinajstić information content (AvgIpc) is 2.92. The molecular formula is C17H25N3O3S. The van der Waals surface area contributed by atoms with Crippen LogP contribution in [-0.2, 0) is 17.1 Å². The highest BCUT2D eigenvalue weighted by atomic mass is 32.2. The van der Waals surface area contributed by atoms with E-state index in [9.17, 15) is 8.42 Å². The molecule has 1 aromatic heterocycles. The second kappa shape index (κ2) is 7.38. The van der Waals surface area contributed by atoms with E-state index in [1.54, 1.807) is 32.2 Å². The number of hydrogen-bond acceptors (Lipinski definition) is 4. The maximum Gasteiger partial charge on any atom is 0.240 e. The smallest absolute Gasteiger partial charge is 0.240 e. The lowest BCUT2D eigenvalue weighted by Gasteiger charge is -2.25. The van der Waals surface area contributed by atoms with Gasteiger partial charge in [0.25, 0.3) is 0 Å². The summed E-state index contributed by atoms with van der Waals surface area (Å²) in [7, 11) is 3.79. The molecule has 0 unspecified atom stereocenters. The van der Waals surface area contributed by atoms with E-state index in [1.807, 2.05) is 48.9 Å². The molecule has 1 N–H and O–H groups in total. The first kappa shape index (κ1) is 18.5. The Bertz CT molecular complexity index is 797. The van der Waals surface area contributed by atoms with Gasteiger partial charge in [0.15, 0.2) is 0 Å². The van der Waals surface area contributed by atoms with Crippen LogP contribution in [0.15, 0.2) is 41.4 Å². The monoisotopic (exact) mass is 351 g/mol. The minimum atomic E-state index is -3.59. The third-order valence-electron chi connectivity index (χ3n) is 4.09. The van der Waals surface area contributed by atoms with Crippen molar-refractivity contribution >= 4 is 10.0 Å². The topological polar surface area (TPSA) is 63.6 Å². The Hall–Kier alpha value is -1.83. The molecule has 7 heteroatoms. The second-order valence-electron chi connectivity index (χ2n) is 6.01. The molecule has 1 atom stereocenters. The Kier molecular flexibility index (Phi) is 5.69. The first-order valence-electron chi connectivity index (χ1n) is 7.68. The van der Waals surface area contributed by atoms with Crippen molar-refractivity contribution in [1.29, 1.82) is 0 Å². The number of aryl methyl sites for hydroxylation is 2. The van der Waals surface area contributed by atoms with Crippen molar-refractivity contribution in [2.45, 2.75) is 17.9 Å².